The van der Waals surface area contributed by atoms with Gasteiger partial charge in [0, 0.05) is 24.3 Å². The van der Waals surface area contributed by atoms with E-state index in [9.17, 15) is 9.59 Å². The highest BCUT2D eigenvalue weighted by Gasteiger charge is 2.21. The van der Waals surface area contributed by atoms with E-state index in [2.05, 4.69) is 10.6 Å². The van der Waals surface area contributed by atoms with E-state index in [-0.39, 0.29) is 5.91 Å². The van der Waals surface area contributed by atoms with E-state index < -0.39 is 12.0 Å². The molecule has 0 aromatic heterocycles. The van der Waals surface area contributed by atoms with Crippen LogP contribution < -0.4 is 16.4 Å². The Hall–Kier alpha value is -1.92. The highest BCUT2D eigenvalue weighted by molar-refractivity contribution is 5.97. The van der Waals surface area contributed by atoms with Gasteiger partial charge in [-0.05, 0) is 18.2 Å². The van der Waals surface area contributed by atoms with Gasteiger partial charge in [0.25, 0.3) is 5.91 Å². The molecule has 18 heavy (non-hydrogen) atoms. The second kappa shape index (κ2) is 5.61. The van der Waals surface area contributed by atoms with Crippen molar-refractivity contribution in [2.75, 3.05) is 25.0 Å². The van der Waals surface area contributed by atoms with Crippen molar-refractivity contribution in [3.05, 3.63) is 29.8 Å². The summed E-state index contributed by atoms with van der Waals surface area (Å²) in [6.07, 6.45) is -0.504. The zero-order valence-corrected chi connectivity index (χ0v) is 9.81. The van der Waals surface area contributed by atoms with Crippen molar-refractivity contribution in [2.45, 2.75) is 6.10 Å². The number of amides is 2. The van der Waals surface area contributed by atoms with Crippen LogP contribution in [0.5, 0.6) is 0 Å². The fourth-order valence-corrected chi connectivity index (χ4v) is 1.71. The second-order valence-corrected chi connectivity index (χ2v) is 4.00. The molecule has 96 valence electrons. The molecule has 0 bridgehead atoms. The molecule has 0 spiro atoms. The predicted octanol–water partition coefficient (Wildman–Crippen LogP) is -0.288. The molecule has 2 rings (SSSR count). The largest absolute Gasteiger partial charge is 0.366 e. The van der Waals surface area contributed by atoms with Gasteiger partial charge in [0.15, 0.2) is 0 Å². The van der Waals surface area contributed by atoms with E-state index >= 15 is 0 Å². The van der Waals surface area contributed by atoms with Gasteiger partial charge in [-0.2, -0.15) is 0 Å². The summed E-state index contributed by atoms with van der Waals surface area (Å²) in [6, 6.07) is 6.49. The number of ether oxygens (including phenoxy) is 1. The molecule has 1 aliphatic heterocycles. The lowest BCUT2D eigenvalue weighted by atomic mass is 10.2. The molecule has 6 heteroatoms. The first-order valence-corrected chi connectivity index (χ1v) is 5.70. The van der Waals surface area contributed by atoms with Crippen molar-refractivity contribution in [3.63, 3.8) is 0 Å². The van der Waals surface area contributed by atoms with E-state index in [0.717, 1.165) is 6.54 Å². The zero-order valence-electron chi connectivity index (χ0n) is 9.81. The van der Waals surface area contributed by atoms with Crippen LogP contribution in [0.3, 0.4) is 0 Å². The monoisotopic (exact) mass is 249 g/mol. The summed E-state index contributed by atoms with van der Waals surface area (Å²) in [6.45, 7) is 1.75. The maximum Gasteiger partial charge on any atom is 0.254 e. The lowest BCUT2D eigenvalue weighted by Crippen LogP contribution is -2.45. The van der Waals surface area contributed by atoms with Crippen molar-refractivity contribution < 1.29 is 14.3 Å². The van der Waals surface area contributed by atoms with Crippen LogP contribution in [-0.4, -0.2) is 37.6 Å². The minimum atomic E-state index is -0.526. The Morgan fingerprint density at radius 3 is 2.94 bits per heavy atom. The summed E-state index contributed by atoms with van der Waals surface area (Å²) in [4.78, 5) is 22.9. The van der Waals surface area contributed by atoms with Gasteiger partial charge >= 0.3 is 0 Å². The Bertz CT molecular complexity index is 456. The van der Waals surface area contributed by atoms with Crippen LogP contribution in [0.1, 0.15) is 10.4 Å². The molecule has 1 atom stereocenters. The van der Waals surface area contributed by atoms with Gasteiger partial charge in [-0.25, -0.2) is 0 Å². The molecule has 1 aromatic rings. The number of carbonyl (C=O) groups excluding carboxylic acids is 2. The number of nitrogens with one attached hydrogen (secondary N) is 2. The maximum absolute atomic E-state index is 11.9. The van der Waals surface area contributed by atoms with Gasteiger partial charge in [-0.15, -0.1) is 0 Å². The SMILES string of the molecule is NC(=O)c1cccc(NC(=O)C2CNCCO2)c1. The van der Waals surface area contributed by atoms with Gasteiger partial charge in [0.1, 0.15) is 6.10 Å². The van der Waals surface area contributed by atoms with Crippen LogP contribution in [0.15, 0.2) is 24.3 Å². The van der Waals surface area contributed by atoms with Crippen LogP contribution >= 0.6 is 0 Å². The number of primary amides is 1. The first kappa shape index (κ1) is 12.5. The number of morpholine rings is 1. The molecule has 1 aliphatic rings. The Morgan fingerprint density at radius 1 is 1.44 bits per heavy atom. The Labute approximate surface area is 104 Å². The lowest BCUT2D eigenvalue weighted by molar-refractivity contribution is -0.128. The summed E-state index contributed by atoms with van der Waals surface area (Å²) in [5.41, 5.74) is 6.06. The molecule has 0 radical (unpaired) electrons. The number of carbonyl (C=O) groups is 2. The molecule has 4 N–H and O–H groups in total. The molecule has 0 saturated carbocycles. The molecule has 2 amide bonds. The van der Waals surface area contributed by atoms with Crippen LogP contribution in [0.4, 0.5) is 5.69 Å². The van der Waals surface area contributed by atoms with Gasteiger partial charge < -0.3 is 21.1 Å². The Balaban J connectivity index is 2.02. The summed E-state index contributed by atoms with van der Waals surface area (Å²) in [5.74, 6) is -0.759. The van der Waals surface area contributed by atoms with Crippen molar-refractivity contribution in [1.29, 1.82) is 0 Å². The van der Waals surface area contributed by atoms with Crippen LogP contribution in [-0.2, 0) is 9.53 Å². The first-order chi connectivity index (χ1) is 8.66. The first-order valence-electron chi connectivity index (χ1n) is 5.70. The van der Waals surface area contributed by atoms with Crippen LogP contribution in [0.25, 0.3) is 0 Å². The third-order valence-electron chi connectivity index (χ3n) is 2.63. The molecule has 1 aromatic carbocycles. The third-order valence-corrected chi connectivity index (χ3v) is 2.63. The Morgan fingerprint density at radius 2 is 2.28 bits per heavy atom. The van der Waals surface area contributed by atoms with Crippen molar-refractivity contribution in [2.24, 2.45) is 5.73 Å². The highest BCUT2D eigenvalue weighted by Crippen LogP contribution is 2.11. The van der Waals surface area contributed by atoms with E-state index in [0.29, 0.717) is 24.4 Å². The van der Waals surface area contributed by atoms with Crippen molar-refractivity contribution in [3.8, 4) is 0 Å². The smallest absolute Gasteiger partial charge is 0.254 e. The van der Waals surface area contributed by atoms with Gasteiger partial charge in [0.05, 0.1) is 6.61 Å². The lowest BCUT2D eigenvalue weighted by Gasteiger charge is -2.22. The Kier molecular flexibility index (Phi) is 3.91. The number of benzene rings is 1. The summed E-state index contributed by atoms with van der Waals surface area (Å²) in [7, 11) is 0. The molecule has 1 unspecified atom stereocenters. The fourth-order valence-electron chi connectivity index (χ4n) is 1.71. The third kappa shape index (κ3) is 3.06. The van der Waals surface area contributed by atoms with E-state index in [1.54, 1.807) is 18.2 Å². The maximum atomic E-state index is 11.9. The topological polar surface area (TPSA) is 93.5 Å². The number of anilines is 1. The number of rotatable bonds is 3. The van der Waals surface area contributed by atoms with Gasteiger partial charge in [-0.3, -0.25) is 9.59 Å². The number of hydrogen-bond acceptors (Lipinski definition) is 4. The minimum absolute atomic E-state index is 0.233. The molecular formula is C12H15N3O3. The van der Waals surface area contributed by atoms with Crippen molar-refractivity contribution in [1.82, 2.24) is 5.32 Å². The quantitative estimate of drug-likeness (QED) is 0.686. The number of nitrogens with two attached hydrogens (primary N) is 1. The normalized spacial score (nSPS) is 19.2. The average Bonchev–Trinajstić information content (AvgIpc) is 2.40. The van der Waals surface area contributed by atoms with E-state index in [1.165, 1.54) is 6.07 Å². The fraction of sp³-hybridized carbons (Fsp3) is 0.333. The standard InChI is InChI=1S/C12H15N3O3/c13-11(16)8-2-1-3-9(6-8)15-12(17)10-7-14-4-5-18-10/h1-3,6,10,14H,4-5,7H2,(H2,13,16)(H,15,17). The highest BCUT2D eigenvalue weighted by atomic mass is 16.5. The predicted molar refractivity (Wildman–Crippen MR) is 66.2 cm³/mol. The van der Waals surface area contributed by atoms with Gasteiger partial charge in [0.2, 0.25) is 5.91 Å². The van der Waals surface area contributed by atoms with Crippen LogP contribution in [0.2, 0.25) is 0 Å². The van der Waals surface area contributed by atoms with Crippen LogP contribution in [0, 0.1) is 0 Å². The van der Waals surface area contributed by atoms with E-state index in [1.807, 2.05) is 0 Å². The molecule has 6 nitrogen and oxygen atoms in total. The summed E-state index contributed by atoms with van der Waals surface area (Å²) in [5, 5.41) is 5.77. The molecule has 1 saturated heterocycles. The zero-order chi connectivity index (χ0) is 13.0. The van der Waals surface area contributed by atoms with E-state index in [4.69, 9.17) is 10.5 Å². The number of hydrogen-bond donors (Lipinski definition) is 3. The van der Waals surface area contributed by atoms with Crippen molar-refractivity contribution >= 4 is 17.5 Å². The average molecular weight is 249 g/mol. The molecule has 0 aliphatic carbocycles. The minimum Gasteiger partial charge on any atom is -0.366 e. The second-order valence-electron chi connectivity index (χ2n) is 4.00. The summed E-state index contributed by atoms with van der Waals surface area (Å²) >= 11 is 0. The molecule has 1 heterocycles. The molecule has 1 fully saturated rings. The molecular weight excluding hydrogens is 234 g/mol. The summed E-state index contributed by atoms with van der Waals surface area (Å²) < 4.78 is 5.32. The van der Waals surface area contributed by atoms with Gasteiger partial charge in [-0.1, -0.05) is 6.07 Å².